The molecule has 2 nitrogen and oxygen atoms in total. The van der Waals surface area contributed by atoms with Crippen molar-refractivity contribution in [1.82, 2.24) is 4.98 Å². The van der Waals surface area contributed by atoms with Crippen LogP contribution in [-0.2, 0) is 6.61 Å². The molecule has 1 N–H and O–H groups in total. The van der Waals surface area contributed by atoms with Crippen molar-refractivity contribution in [3.05, 3.63) is 35.9 Å². The molecule has 0 saturated heterocycles. The molecule has 58 valence electrons. The van der Waals surface area contributed by atoms with Crippen LogP contribution in [0.2, 0.25) is 0 Å². The molecule has 0 fully saturated rings. The number of hydrogen-bond donors (Lipinski definition) is 1. The normalized spacial score (nSPS) is 9.64. The van der Waals surface area contributed by atoms with Crippen molar-refractivity contribution in [2.75, 3.05) is 0 Å². The summed E-state index contributed by atoms with van der Waals surface area (Å²) in [5.74, 6) is -0.495. The molecule has 11 heavy (non-hydrogen) atoms. The molecule has 1 aromatic rings. The van der Waals surface area contributed by atoms with Gasteiger partial charge < -0.3 is 5.11 Å². The zero-order valence-corrected chi connectivity index (χ0v) is 5.92. The molecular formula is C8H8FNO. The highest BCUT2D eigenvalue weighted by molar-refractivity contribution is 5.45. The van der Waals surface area contributed by atoms with Gasteiger partial charge in [-0.25, -0.2) is 4.39 Å². The number of nitrogens with zero attached hydrogens (tertiary/aromatic N) is 1. The van der Waals surface area contributed by atoms with Crippen molar-refractivity contribution < 1.29 is 9.50 Å². The van der Waals surface area contributed by atoms with E-state index in [1.165, 1.54) is 18.3 Å². The first kappa shape index (κ1) is 7.88. The van der Waals surface area contributed by atoms with Gasteiger partial charge in [0, 0.05) is 6.20 Å². The van der Waals surface area contributed by atoms with Gasteiger partial charge in [-0.15, -0.1) is 0 Å². The van der Waals surface area contributed by atoms with E-state index in [4.69, 9.17) is 5.11 Å². The summed E-state index contributed by atoms with van der Waals surface area (Å²) < 4.78 is 12.8. The molecular weight excluding hydrogens is 145 g/mol. The maximum Gasteiger partial charge on any atom is 0.147 e. The highest BCUT2D eigenvalue weighted by atomic mass is 19.1. The van der Waals surface area contributed by atoms with Gasteiger partial charge in [0.05, 0.1) is 6.61 Å². The first-order valence-electron chi connectivity index (χ1n) is 3.15. The summed E-state index contributed by atoms with van der Waals surface area (Å²) in [6, 6.07) is 1.28. The number of aromatic nitrogens is 1. The first-order chi connectivity index (χ1) is 5.27. The van der Waals surface area contributed by atoms with Crippen molar-refractivity contribution in [3.8, 4) is 0 Å². The lowest BCUT2D eigenvalue weighted by Crippen LogP contribution is -1.94. The lowest BCUT2D eigenvalue weighted by atomic mass is 10.2. The number of hydrogen-bond acceptors (Lipinski definition) is 2. The van der Waals surface area contributed by atoms with Gasteiger partial charge in [-0.2, -0.15) is 0 Å². The number of rotatable bonds is 2. The summed E-state index contributed by atoms with van der Waals surface area (Å²) in [5, 5.41) is 8.55. The van der Waals surface area contributed by atoms with E-state index in [2.05, 4.69) is 11.6 Å². The fraction of sp³-hybridized carbons (Fsp3) is 0.125. The Morgan fingerprint density at radius 3 is 2.91 bits per heavy atom. The predicted molar refractivity (Wildman–Crippen MR) is 40.2 cm³/mol. The van der Waals surface area contributed by atoms with Gasteiger partial charge in [0.1, 0.15) is 11.5 Å². The Hall–Kier alpha value is -1.22. The first-order valence-corrected chi connectivity index (χ1v) is 3.15. The van der Waals surface area contributed by atoms with Crippen LogP contribution in [0.15, 0.2) is 18.8 Å². The van der Waals surface area contributed by atoms with Crippen LogP contribution >= 0.6 is 0 Å². The maximum absolute atomic E-state index is 12.8. The zero-order valence-electron chi connectivity index (χ0n) is 5.92. The monoisotopic (exact) mass is 153 g/mol. The smallest absolute Gasteiger partial charge is 0.147 e. The standard InChI is InChI=1S/C8H8FNO/c1-2-6-3-7(9)8(5-11)10-4-6/h2-4,11H,1,5H2. The maximum atomic E-state index is 12.8. The summed E-state index contributed by atoms with van der Waals surface area (Å²) in [4.78, 5) is 3.67. The molecule has 0 bridgehead atoms. The van der Waals surface area contributed by atoms with Gasteiger partial charge >= 0.3 is 0 Å². The Morgan fingerprint density at radius 2 is 2.45 bits per heavy atom. The quantitative estimate of drug-likeness (QED) is 0.695. The van der Waals surface area contributed by atoms with Gasteiger partial charge in [0.25, 0.3) is 0 Å². The van der Waals surface area contributed by atoms with E-state index < -0.39 is 5.82 Å². The minimum Gasteiger partial charge on any atom is -0.390 e. The molecule has 0 amide bonds. The average Bonchev–Trinajstić information content (AvgIpc) is 2.04. The van der Waals surface area contributed by atoms with Gasteiger partial charge in [0.15, 0.2) is 0 Å². The van der Waals surface area contributed by atoms with Crippen LogP contribution in [0.3, 0.4) is 0 Å². The molecule has 0 aliphatic heterocycles. The third kappa shape index (κ3) is 1.62. The lowest BCUT2D eigenvalue weighted by Gasteiger charge is -1.97. The second kappa shape index (κ2) is 3.25. The number of aliphatic hydroxyl groups excluding tert-OH is 1. The predicted octanol–water partition coefficient (Wildman–Crippen LogP) is 1.36. The summed E-state index contributed by atoms with van der Waals surface area (Å²) in [5.41, 5.74) is 0.676. The van der Waals surface area contributed by atoms with Crippen molar-refractivity contribution in [2.24, 2.45) is 0 Å². The van der Waals surface area contributed by atoms with E-state index in [1.54, 1.807) is 0 Å². The number of aliphatic hydroxyl groups is 1. The summed E-state index contributed by atoms with van der Waals surface area (Å²) in [6.45, 7) is 3.09. The summed E-state index contributed by atoms with van der Waals surface area (Å²) in [7, 11) is 0. The van der Waals surface area contributed by atoms with Crippen molar-refractivity contribution in [3.63, 3.8) is 0 Å². The van der Waals surface area contributed by atoms with Crippen LogP contribution in [-0.4, -0.2) is 10.1 Å². The highest BCUT2D eigenvalue weighted by Crippen LogP contribution is 2.07. The average molecular weight is 153 g/mol. The third-order valence-electron chi connectivity index (χ3n) is 1.32. The Morgan fingerprint density at radius 1 is 1.73 bits per heavy atom. The van der Waals surface area contributed by atoms with E-state index in [1.807, 2.05) is 0 Å². The Bertz CT molecular complexity index is 273. The van der Waals surface area contributed by atoms with Crippen LogP contribution in [0.5, 0.6) is 0 Å². The van der Waals surface area contributed by atoms with E-state index in [9.17, 15) is 4.39 Å². The topological polar surface area (TPSA) is 33.1 Å². The van der Waals surface area contributed by atoms with Crippen LogP contribution < -0.4 is 0 Å². The van der Waals surface area contributed by atoms with E-state index in [-0.39, 0.29) is 12.3 Å². The Labute approximate surface area is 64.0 Å². The zero-order chi connectivity index (χ0) is 8.27. The molecule has 3 heteroatoms. The van der Waals surface area contributed by atoms with Crippen LogP contribution in [0.1, 0.15) is 11.3 Å². The largest absolute Gasteiger partial charge is 0.390 e. The van der Waals surface area contributed by atoms with E-state index >= 15 is 0 Å². The molecule has 0 saturated carbocycles. The molecule has 1 aromatic heterocycles. The molecule has 0 aliphatic rings. The lowest BCUT2D eigenvalue weighted by molar-refractivity contribution is 0.270. The van der Waals surface area contributed by atoms with Crippen molar-refractivity contribution >= 4 is 6.08 Å². The van der Waals surface area contributed by atoms with E-state index in [0.29, 0.717) is 5.56 Å². The minimum absolute atomic E-state index is 0.0654. The number of halogens is 1. The molecule has 0 aromatic carbocycles. The molecule has 0 radical (unpaired) electrons. The summed E-state index contributed by atoms with van der Waals surface area (Å²) in [6.07, 6.45) is 2.96. The molecule has 0 spiro atoms. The fourth-order valence-electron chi connectivity index (χ4n) is 0.709. The minimum atomic E-state index is -0.495. The third-order valence-corrected chi connectivity index (χ3v) is 1.32. The molecule has 0 atom stereocenters. The molecule has 1 rings (SSSR count). The van der Waals surface area contributed by atoms with E-state index in [0.717, 1.165) is 0 Å². The van der Waals surface area contributed by atoms with Crippen LogP contribution in [0.25, 0.3) is 6.08 Å². The molecule has 0 unspecified atom stereocenters. The van der Waals surface area contributed by atoms with Crippen molar-refractivity contribution in [2.45, 2.75) is 6.61 Å². The highest BCUT2D eigenvalue weighted by Gasteiger charge is 2.00. The second-order valence-electron chi connectivity index (χ2n) is 2.06. The fourth-order valence-corrected chi connectivity index (χ4v) is 0.709. The SMILES string of the molecule is C=Cc1cnc(CO)c(F)c1. The van der Waals surface area contributed by atoms with Crippen LogP contribution in [0.4, 0.5) is 4.39 Å². The number of pyridine rings is 1. The summed E-state index contributed by atoms with van der Waals surface area (Å²) >= 11 is 0. The van der Waals surface area contributed by atoms with Crippen LogP contribution in [0, 0.1) is 5.82 Å². The van der Waals surface area contributed by atoms with Gasteiger partial charge in [0.2, 0.25) is 0 Å². The Kier molecular flexibility index (Phi) is 2.33. The Balaban J connectivity index is 3.09. The van der Waals surface area contributed by atoms with Crippen molar-refractivity contribution in [1.29, 1.82) is 0 Å². The van der Waals surface area contributed by atoms with Gasteiger partial charge in [-0.3, -0.25) is 4.98 Å². The van der Waals surface area contributed by atoms with Gasteiger partial charge in [-0.1, -0.05) is 12.7 Å². The molecule has 1 heterocycles. The molecule has 0 aliphatic carbocycles. The second-order valence-corrected chi connectivity index (χ2v) is 2.06. The van der Waals surface area contributed by atoms with Gasteiger partial charge in [-0.05, 0) is 11.6 Å².